The molecule has 1 N–H and O–H groups in total. The Hall–Kier alpha value is -1.35. The van der Waals surface area contributed by atoms with E-state index in [0.717, 1.165) is 6.54 Å². The molecule has 2 aliphatic rings. The molecule has 114 valence electrons. The van der Waals surface area contributed by atoms with Crippen LogP contribution in [0.15, 0.2) is 24.3 Å². The first-order chi connectivity index (χ1) is 10.1. The number of nitrogens with one attached hydrogen (secondary N) is 1. The lowest BCUT2D eigenvalue weighted by atomic mass is 9.85. The third kappa shape index (κ3) is 2.84. The Kier molecular flexibility index (Phi) is 4.03. The molecular formula is C18H26N2O. The van der Waals surface area contributed by atoms with Crippen LogP contribution in [-0.4, -0.2) is 23.4 Å². The summed E-state index contributed by atoms with van der Waals surface area (Å²) in [6.07, 6.45) is 3.92. The van der Waals surface area contributed by atoms with Gasteiger partial charge in [0.15, 0.2) is 0 Å². The molecule has 2 atom stereocenters. The first kappa shape index (κ1) is 14.6. The van der Waals surface area contributed by atoms with Crippen molar-refractivity contribution in [2.75, 3.05) is 6.54 Å². The zero-order valence-corrected chi connectivity index (χ0v) is 13.3. The number of carbonyl (C=O) groups is 1. The van der Waals surface area contributed by atoms with Crippen LogP contribution in [0, 0.1) is 18.8 Å². The number of amides is 1. The molecule has 3 nitrogen and oxygen atoms in total. The average molecular weight is 286 g/mol. The topological polar surface area (TPSA) is 32.3 Å². The van der Waals surface area contributed by atoms with Gasteiger partial charge in [0.1, 0.15) is 6.17 Å². The molecule has 2 fully saturated rings. The Labute approximate surface area is 127 Å². The molecule has 0 spiro atoms. The maximum absolute atomic E-state index is 12.7. The summed E-state index contributed by atoms with van der Waals surface area (Å²) in [5.41, 5.74) is 2.46. The second-order valence-electron chi connectivity index (χ2n) is 6.99. The number of rotatable bonds is 4. The molecule has 3 rings (SSSR count). The van der Waals surface area contributed by atoms with Gasteiger partial charge in [0.25, 0.3) is 0 Å². The van der Waals surface area contributed by atoms with E-state index in [4.69, 9.17) is 0 Å². The van der Waals surface area contributed by atoms with Crippen molar-refractivity contribution < 1.29 is 4.79 Å². The fraction of sp³-hybridized carbons (Fsp3) is 0.611. The minimum absolute atomic E-state index is 0.0450. The highest BCUT2D eigenvalue weighted by atomic mass is 16.2. The summed E-state index contributed by atoms with van der Waals surface area (Å²) >= 11 is 0. The van der Waals surface area contributed by atoms with Gasteiger partial charge in [-0.25, -0.2) is 0 Å². The van der Waals surface area contributed by atoms with Gasteiger partial charge in [-0.2, -0.15) is 0 Å². The number of carbonyl (C=O) groups excluding carboxylic acids is 1. The van der Waals surface area contributed by atoms with Crippen molar-refractivity contribution in [3.63, 3.8) is 0 Å². The van der Waals surface area contributed by atoms with Crippen molar-refractivity contribution >= 4 is 5.91 Å². The van der Waals surface area contributed by atoms with E-state index in [0.29, 0.717) is 11.8 Å². The summed E-state index contributed by atoms with van der Waals surface area (Å²) in [5, 5.41) is 3.56. The van der Waals surface area contributed by atoms with Crippen LogP contribution < -0.4 is 5.32 Å². The summed E-state index contributed by atoms with van der Waals surface area (Å²) in [5.74, 6) is 1.31. The van der Waals surface area contributed by atoms with E-state index in [1.54, 1.807) is 0 Å². The number of aryl methyl sites for hydroxylation is 1. The molecule has 1 heterocycles. The number of hydrogen-bond donors (Lipinski definition) is 1. The van der Waals surface area contributed by atoms with Crippen molar-refractivity contribution in [1.29, 1.82) is 0 Å². The van der Waals surface area contributed by atoms with E-state index in [9.17, 15) is 4.79 Å². The molecule has 1 aliphatic carbocycles. The molecule has 1 aromatic rings. The van der Waals surface area contributed by atoms with E-state index >= 15 is 0 Å². The normalized spacial score (nSPS) is 26.5. The molecular weight excluding hydrogens is 260 g/mol. The van der Waals surface area contributed by atoms with Crippen molar-refractivity contribution in [3.05, 3.63) is 35.4 Å². The minimum atomic E-state index is -0.0450. The van der Waals surface area contributed by atoms with E-state index in [2.05, 4.69) is 55.3 Å². The molecule has 0 radical (unpaired) electrons. The predicted molar refractivity (Wildman–Crippen MR) is 84.7 cm³/mol. The number of nitrogens with zero attached hydrogens (tertiary/aromatic N) is 1. The third-order valence-electron chi connectivity index (χ3n) is 4.94. The second-order valence-corrected chi connectivity index (χ2v) is 6.99. The van der Waals surface area contributed by atoms with Crippen LogP contribution in [0.2, 0.25) is 0 Å². The Balaban J connectivity index is 1.83. The molecule has 1 saturated carbocycles. The molecule has 1 saturated heterocycles. The van der Waals surface area contributed by atoms with Crippen molar-refractivity contribution in [2.45, 2.75) is 52.2 Å². The molecule has 2 unspecified atom stereocenters. The van der Waals surface area contributed by atoms with Gasteiger partial charge in [0.2, 0.25) is 5.91 Å². The zero-order chi connectivity index (χ0) is 15.0. The lowest BCUT2D eigenvalue weighted by molar-refractivity contribution is -0.131. The predicted octanol–water partition coefficient (Wildman–Crippen LogP) is 3.25. The van der Waals surface area contributed by atoms with Crippen molar-refractivity contribution in [3.8, 4) is 0 Å². The Morgan fingerprint density at radius 2 is 1.90 bits per heavy atom. The monoisotopic (exact) mass is 286 g/mol. The zero-order valence-electron chi connectivity index (χ0n) is 13.3. The summed E-state index contributed by atoms with van der Waals surface area (Å²) in [7, 11) is 0. The molecule has 3 heteroatoms. The fourth-order valence-corrected chi connectivity index (χ4v) is 3.29. The molecule has 0 bridgehead atoms. The van der Waals surface area contributed by atoms with E-state index < -0.39 is 0 Å². The summed E-state index contributed by atoms with van der Waals surface area (Å²) in [4.78, 5) is 14.8. The number of benzene rings is 1. The van der Waals surface area contributed by atoms with Crippen molar-refractivity contribution in [2.24, 2.45) is 11.8 Å². The second kappa shape index (κ2) is 5.80. The smallest absolute Gasteiger partial charge is 0.241 e. The molecule has 1 aliphatic heterocycles. The first-order valence-corrected chi connectivity index (χ1v) is 8.19. The largest absolute Gasteiger partial charge is 0.321 e. The van der Waals surface area contributed by atoms with Crippen LogP contribution in [0.1, 0.15) is 50.4 Å². The van der Waals surface area contributed by atoms with Gasteiger partial charge < -0.3 is 4.90 Å². The third-order valence-corrected chi connectivity index (χ3v) is 4.94. The summed E-state index contributed by atoms with van der Waals surface area (Å²) in [6.45, 7) is 7.25. The minimum Gasteiger partial charge on any atom is -0.321 e. The van der Waals surface area contributed by atoms with Gasteiger partial charge in [-0.1, -0.05) is 50.1 Å². The van der Waals surface area contributed by atoms with Crippen LogP contribution >= 0.6 is 0 Å². The lowest BCUT2D eigenvalue weighted by Crippen LogP contribution is -2.38. The van der Waals surface area contributed by atoms with E-state index in [1.165, 1.54) is 30.4 Å². The average Bonchev–Trinajstić information content (AvgIpc) is 2.72. The fourth-order valence-electron chi connectivity index (χ4n) is 3.29. The van der Waals surface area contributed by atoms with Crippen LogP contribution in [-0.2, 0) is 4.79 Å². The summed E-state index contributed by atoms with van der Waals surface area (Å²) < 4.78 is 0. The quantitative estimate of drug-likeness (QED) is 0.921. The number of hydrogen-bond acceptors (Lipinski definition) is 2. The Bertz CT molecular complexity index is 504. The van der Waals surface area contributed by atoms with E-state index in [1.807, 2.05) is 0 Å². The Morgan fingerprint density at radius 3 is 2.43 bits per heavy atom. The SMILES string of the molecule is Cc1ccc(C2NC(C(C)C)C(=O)N2CC2CCC2)cc1. The van der Waals surface area contributed by atoms with Gasteiger partial charge >= 0.3 is 0 Å². The highest BCUT2D eigenvalue weighted by Crippen LogP contribution is 2.34. The first-order valence-electron chi connectivity index (χ1n) is 8.19. The van der Waals surface area contributed by atoms with Gasteiger partial charge in [0.05, 0.1) is 6.04 Å². The van der Waals surface area contributed by atoms with Gasteiger partial charge in [0, 0.05) is 6.54 Å². The van der Waals surface area contributed by atoms with Gasteiger partial charge in [-0.15, -0.1) is 0 Å². The maximum atomic E-state index is 12.7. The molecule has 21 heavy (non-hydrogen) atoms. The van der Waals surface area contributed by atoms with Crippen LogP contribution in [0.5, 0.6) is 0 Å². The molecule has 0 aromatic heterocycles. The highest BCUT2D eigenvalue weighted by Gasteiger charge is 2.42. The highest BCUT2D eigenvalue weighted by molar-refractivity contribution is 5.84. The Morgan fingerprint density at radius 1 is 1.24 bits per heavy atom. The van der Waals surface area contributed by atoms with Crippen molar-refractivity contribution in [1.82, 2.24) is 10.2 Å². The van der Waals surface area contributed by atoms with E-state index in [-0.39, 0.29) is 18.1 Å². The standard InChI is InChI=1S/C18H26N2O/c1-12(2)16-18(21)20(11-14-5-4-6-14)17(19-16)15-9-7-13(3)8-10-15/h7-10,12,14,16-17,19H,4-6,11H2,1-3H3. The van der Waals surface area contributed by atoms with Gasteiger partial charge in [-0.05, 0) is 37.2 Å². The maximum Gasteiger partial charge on any atom is 0.241 e. The van der Waals surface area contributed by atoms with Crippen LogP contribution in [0.4, 0.5) is 0 Å². The summed E-state index contributed by atoms with van der Waals surface area (Å²) in [6, 6.07) is 8.52. The molecule has 1 amide bonds. The lowest BCUT2D eigenvalue weighted by Gasteiger charge is -2.33. The van der Waals surface area contributed by atoms with Crippen LogP contribution in [0.3, 0.4) is 0 Å². The van der Waals surface area contributed by atoms with Gasteiger partial charge in [-0.3, -0.25) is 10.1 Å². The molecule has 1 aromatic carbocycles. The van der Waals surface area contributed by atoms with Crippen LogP contribution in [0.25, 0.3) is 0 Å².